The quantitative estimate of drug-likeness (QED) is 0.709. The minimum absolute atomic E-state index is 0.0815. The van der Waals surface area contributed by atoms with Crippen LogP contribution in [-0.4, -0.2) is 55.8 Å². The Morgan fingerprint density at radius 2 is 2.25 bits per heavy atom. The van der Waals surface area contributed by atoms with Gasteiger partial charge in [-0.1, -0.05) is 6.07 Å². The molecule has 1 saturated heterocycles. The zero-order chi connectivity index (χ0) is 17.4. The van der Waals surface area contributed by atoms with Crippen molar-refractivity contribution in [2.75, 3.05) is 12.4 Å². The van der Waals surface area contributed by atoms with Crippen LogP contribution < -0.4 is 5.32 Å². The molecule has 7 nitrogen and oxygen atoms in total. The number of nitrogens with one attached hydrogen (secondary N) is 1. The van der Waals surface area contributed by atoms with Crippen LogP contribution >= 0.6 is 11.3 Å². The minimum Gasteiger partial charge on any atom is -0.477 e. The van der Waals surface area contributed by atoms with Gasteiger partial charge in [0.15, 0.2) is 0 Å². The number of halogens is 1. The molecule has 3 atom stereocenters. The Bertz CT molecular complexity index is 761. The van der Waals surface area contributed by atoms with E-state index < -0.39 is 52.4 Å². The van der Waals surface area contributed by atoms with E-state index in [0.29, 0.717) is 0 Å². The molecule has 0 bridgehead atoms. The lowest BCUT2D eigenvalue weighted by Crippen LogP contribution is -2.73. The van der Waals surface area contributed by atoms with Crippen molar-refractivity contribution in [3.8, 4) is 0 Å². The van der Waals surface area contributed by atoms with E-state index in [2.05, 4.69) is 5.32 Å². The number of carboxylic acids is 1. The Kier molecular flexibility index (Phi) is 4.50. The summed E-state index contributed by atoms with van der Waals surface area (Å²) < 4.78 is 25.2. The van der Waals surface area contributed by atoms with Gasteiger partial charge < -0.3 is 10.4 Å². The third-order valence-electron chi connectivity index (χ3n) is 3.80. The first-order valence-corrected chi connectivity index (χ1v) is 9.23. The van der Waals surface area contributed by atoms with Crippen molar-refractivity contribution in [1.82, 2.24) is 10.2 Å². The lowest BCUT2D eigenvalue weighted by molar-refractivity contribution is -0.150. The molecule has 0 aromatic carbocycles. The van der Waals surface area contributed by atoms with Gasteiger partial charge >= 0.3 is 5.97 Å². The van der Waals surface area contributed by atoms with Gasteiger partial charge in [-0.25, -0.2) is 9.18 Å². The predicted octanol–water partition coefficient (Wildman–Crippen LogP) is 0.0142. The summed E-state index contributed by atoms with van der Waals surface area (Å²) in [6.45, 7) is -1.08. The van der Waals surface area contributed by atoms with Crippen molar-refractivity contribution in [2.24, 2.45) is 0 Å². The van der Waals surface area contributed by atoms with E-state index in [1.807, 2.05) is 5.38 Å². The first-order valence-electron chi connectivity index (χ1n) is 6.97. The molecule has 0 aliphatic carbocycles. The van der Waals surface area contributed by atoms with Crippen LogP contribution in [0.5, 0.6) is 0 Å². The number of fused-ring (bicyclic) bond motifs is 1. The van der Waals surface area contributed by atoms with Crippen molar-refractivity contribution < 1.29 is 28.1 Å². The summed E-state index contributed by atoms with van der Waals surface area (Å²) in [5, 5.41) is 12.6. The molecule has 2 aliphatic heterocycles. The largest absolute Gasteiger partial charge is 0.477 e. The summed E-state index contributed by atoms with van der Waals surface area (Å²) in [7, 11) is -1.67. The maximum atomic E-state index is 13.0. The molecule has 0 spiro atoms. The fourth-order valence-electron chi connectivity index (χ4n) is 2.75. The molecule has 0 saturated carbocycles. The Hall–Kier alpha value is -2.07. The van der Waals surface area contributed by atoms with Gasteiger partial charge in [0.05, 0.1) is 23.0 Å². The topological polar surface area (TPSA) is 104 Å². The fraction of sp³-hybridized carbons (Fsp3) is 0.357. The van der Waals surface area contributed by atoms with E-state index in [9.17, 15) is 28.1 Å². The number of amides is 2. The van der Waals surface area contributed by atoms with Crippen molar-refractivity contribution >= 4 is 39.9 Å². The Morgan fingerprint density at radius 3 is 2.83 bits per heavy atom. The first-order chi connectivity index (χ1) is 11.4. The van der Waals surface area contributed by atoms with Gasteiger partial charge in [-0.05, 0) is 11.4 Å². The molecule has 3 heterocycles. The van der Waals surface area contributed by atoms with Crippen LogP contribution in [0.15, 0.2) is 28.8 Å². The third-order valence-corrected chi connectivity index (χ3v) is 6.33. The Morgan fingerprint density at radius 1 is 1.50 bits per heavy atom. The average molecular weight is 372 g/mol. The highest BCUT2D eigenvalue weighted by Crippen LogP contribution is 2.35. The van der Waals surface area contributed by atoms with Crippen LogP contribution in [0.1, 0.15) is 4.88 Å². The van der Waals surface area contributed by atoms with E-state index >= 15 is 0 Å². The molecule has 2 unspecified atom stereocenters. The SMILES string of the molecule is O=C(Cc1cccs1)NC1C(=O)N2C(C(=O)O)=C(CF)CS(=O)[C@@H]12. The number of rotatable bonds is 5. The monoisotopic (exact) mass is 372 g/mol. The Labute approximate surface area is 142 Å². The molecule has 1 aromatic heterocycles. The number of carboxylic acid groups (broad SMARTS) is 1. The van der Waals surface area contributed by atoms with E-state index in [1.54, 1.807) is 12.1 Å². The second-order valence-corrected chi connectivity index (χ2v) is 7.88. The van der Waals surface area contributed by atoms with Crippen LogP contribution in [0.2, 0.25) is 0 Å². The third kappa shape index (κ3) is 2.75. The molecule has 24 heavy (non-hydrogen) atoms. The lowest BCUT2D eigenvalue weighted by atomic mass is 10.0. The molecule has 1 aromatic rings. The fourth-order valence-corrected chi connectivity index (χ4v) is 5.12. The highest BCUT2D eigenvalue weighted by molar-refractivity contribution is 7.86. The second kappa shape index (κ2) is 6.44. The molecule has 2 amide bonds. The number of carbonyl (C=O) groups is 3. The molecule has 2 N–H and O–H groups in total. The van der Waals surface area contributed by atoms with Crippen LogP contribution in [0.3, 0.4) is 0 Å². The second-order valence-electron chi connectivity index (χ2n) is 5.32. The van der Waals surface area contributed by atoms with Gasteiger partial charge in [0.2, 0.25) is 5.91 Å². The maximum absolute atomic E-state index is 13.0. The van der Waals surface area contributed by atoms with E-state index in [1.165, 1.54) is 11.3 Å². The number of nitrogens with zero attached hydrogens (tertiary/aromatic N) is 1. The zero-order valence-corrected chi connectivity index (χ0v) is 13.9. The molecular formula is C14H13FN2O5S2. The Balaban J connectivity index is 1.77. The summed E-state index contributed by atoms with van der Waals surface area (Å²) in [6, 6.07) is 2.52. The van der Waals surface area contributed by atoms with Gasteiger partial charge in [-0.2, -0.15) is 0 Å². The number of hydrogen-bond donors (Lipinski definition) is 2. The predicted molar refractivity (Wildman–Crippen MR) is 84.2 cm³/mol. The number of thiophene rings is 1. The van der Waals surface area contributed by atoms with Crippen molar-refractivity contribution in [2.45, 2.75) is 17.8 Å². The summed E-state index contributed by atoms with van der Waals surface area (Å²) in [4.78, 5) is 37.2. The standard InChI is InChI=1S/C14H13FN2O5S2/c15-5-7-6-24(22)13-10(12(19)17(13)11(7)14(20)21)16-9(18)4-8-2-1-3-23-8/h1-3,10,13H,4-6H2,(H,16,18)(H,20,21)/t10?,13-,24?/m0/s1. The average Bonchev–Trinajstić information content (AvgIpc) is 3.04. The molecule has 128 valence electrons. The molecule has 10 heteroatoms. The highest BCUT2D eigenvalue weighted by Gasteiger charge is 2.57. The summed E-state index contributed by atoms with van der Waals surface area (Å²) >= 11 is 1.39. The molecule has 3 rings (SSSR count). The number of hydrogen-bond acceptors (Lipinski definition) is 5. The number of aliphatic carboxylic acids is 1. The normalized spacial score (nSPS) is 26.0. The number of alkyl halides is 1. The summed E-state index contributed by atoms with van der Waals surface area (Å²) in [5.74, 6) is -2.80. The van der Waals surface area contributed by atoms with Crippen molar-refractivity contribution in [3.63, 3.8) is 0 Å². The molecule has 0 radical (unpaired) electrons. The maximum Gasteiger partial charge on any atom is 0.352 e. The zero-order valence-electron chi connectivity index (χ0n) is 12.2. The number of β-lactam (4-membered cyclic amide) rings is 1. The van der Waals surface area contributed by atoms with E-state index in [4.69, 9.17) is 0 Å². The number of carbonyl (C=O) groups excluding carboxylic acids is 2. The molecular weight excluding hydrogens is 359 g/mol. The lowest BCUT2D eigenvalue weighted by Gasteiger charge is -2.48. The van der Waals surface area contributed by atoms with Gasteiger partial charge in [-0.15, -0.1) is 11.3 Å². The van der Waals surface area contributed by atoms with Gasteiger partial charge in [0.25, 0.3) is 5.91 Å². The van der Waals surface area contributed by atoms with E-state index in [0.717, 1.165) is 9.78 Å². The van der Waals surface area contributed by atoms with Crippen LogP contribution in [0.25, 0.3) is 0 Å². The van der Waals surface area contributed by atoms with Gasteiger partial charge in [0.1, 0.15) is 23.8 Å². The van der Waals surface area contributed by atoms with Gasteiger partial charge in [-0.3, -0.25) is 18.7 Å². The smallest absolute Gasteiger partial charge is 0.352 e. The molecule has 2 aliphatic rings. The first kappa shape index (κ1) is 16.8. The van der Waals surface area contributed by atoms with Gasteiger partial charge in [0, 0.05) is 10.5 Å². The van der Waals surface area contributed by atoms with Crippen LogP contribution in [-0.2, 0) is 31.6 Å². The molecule has 1 fully saturated rings. The minimum atomic E-state index is -1.67. The van der Waals surface area contributed by atoms with Crippen LogP contribution in [0, 0.1) is 0 Å². The summed E-state index contributed by atoms with van der Waals surface area (Å²) in [6.07, 6.45) is 0.0815. The van der Waals surface area contributed by atoms with E-state index in [-0.39, 0.29) is 17.7 Å². The summed E-state index contributed by atoms with van der Waals surface area (Å²) in [5.41, 5.74) is -0.635. The van der Waals surface area contributed by atoms with Crippen molar-refractivity contribution in [1.29, 1.82) is 0 Å². The van der Waals surface area contributed by atoms with Crippen LogP contribution in [0.4, 0.5) is 4.39 Å². The highest BCUT2D eigenvalue weighted by atomic mass is 32.2. The van der Waals surface area contributed by atoms with Crippen molar-refractivity contribution in [3.05, 3.63) is 33.7 Å².